The van der Waals surface area contributed by atoms with Crippen LogP contribution in [0.3, 0.4) is 0 Å². The molecule has 1 aromatic heterocycles. The Balaban J connectivity index is 2.77. The van der Waals surface area contributed by atoms with Crippen molar-refractivity contribution in [2.45, 2.75) is 19.9 Å². The lowest BCUT2D eigenvalue weighted by atomic mass is 10.2. The summed E-state index contributed by atoms with van der Waals surface area (Å²) < 4.78 is 1.53. The zero-order valence-electron chi connectivity index (χ0n) is 5.98. The summed E-state index contributed by atoms with van der Waals surface area (Å²) >= 11 is 0. The number of hydrogen-bond acceptors (Lipinski definition) is 3. The van der Waals surface area contributed by atoms with Crippen LogP contribution in [0.25, 0.3) is 0 Å². The van der Waals surface area contributed by atoms with Crippen LogP contribution in [0, 0.1) is 0 Å². The van der Waals surface area contributed by atoms with Gasteiger partial charge < -0.3 is 0 Å². The molecule has 0 saturated carbocycles. The highest BCUT2D eigenvalue weighted by Crippen LogP contribution is 2.01. The first-order valence-corrected chi connectivity index (χ1v) is 3.06. The van der Waals surface area contributed by atoms with Crippen LogP contribution < -0.4 is 0 Å². The van der Waals surface area contributed by atoms with Crippen LogP contribution in [0.15, 0.2) is 12.7 Å². The highest BCUT2D eigenvalue weighted by molar-refractivity contribution is 5.79. The van der Waals surface area contributed by atoms with Crippen molar-refractivity contribution < 1.29 is 4.79 Å². The summed E-state index contributed by atoms with van der Waals surface area (Å²) in [7, 11) is 0. The molecule has 54 valence electrons. The van der Waals surface area contributed by atoms with E-state index in [1.54, 1.807) is 6.92 Å². The molecule has 0 spiro atoms. The predicted molar refractivity (Wildman–Crippen MR) is 35.4 cm³/mol. The average molecular weight is 139 g/mol. The van der Waals surface area contributed by atoms with Gasteiger partial charge in [-0.1, -0.05) is 0 Å². The summed E-state index contributed by atoms with van der Waals surface area (Å²) in [6.07, 6.45) is 2.95. The molecule has 0 bridgehead atoms. The number of aromatic nitrogens is 3. The van der Waals surface area contributed by atoms with Crippen LogP contribution in [0.1, 0.15) is 19.9 Å². The second-order valence-electron chi connectivity index (χ2n) is 2.16. The van der Waals surface area contributed by atoms with E-state index in [4.69, 9.17) is 0 Å². The van der Waals surface area contributed by atoms with E-state index >= 15 is 0 Å². The van der Waals surface area contributed by atoms with Crippen LogP contribution in [0.5, 0.6) is 0 Å². The molecular weight excluding hydrogens is 130 g/mol. The fourth-order valence-corrected chi connectivity index (χ4v) is 0.604. The van der Waals surface area contributed by atoms with Crippen molar-refractivity contribution >= 4 is 5.78 Å². The summed E-state index contributed by atoms with van der Waals surface area (Å²) in [5.41, 5.74) is 0. The van der Waals surface area contributed by atoms with E-state index in [1.165, 1.54) is 24.3 Å². The van der Waals surface area contributed by atoms with Crippen molar-refractivity contribution in [3.63, 3.8) is 0 Å². The largest absolute Gasteiger partial charge is 0.298 e. The minimum atomic E-state index is -0.192. The Morgan fingerprint density at radius 2 is 2.40 bits per heavy atom. The monoisotopic (exact) mass is 139 g/mol. The summed E-state index contributed by atoms with van der Waals surface area (Å²) in [6, 6.07) is -0.192. The van der Waals surface area contributed by atoms with Crippen LogP contribution in [-0.4, -0.2) is 20.5 Å². The van der Waals surface area contributed by atoms with Gasteiger partial charge in [0.1, 0.15) is 18.7 Å². The van der Waals surface area contributed by atoms with Gasteiger partial charge in [-0.25, -0.2) is 9.67 Å². The molecule has 1 atom stereocenters. The Kier molecular flexibility index (Phi) is 1.80. The molecule has 4 nitrogen and oxygen atoms in total. The standard InChI is InChI=1S/C6H9N3O/c1-5(6(2)10)9-4-7-3-8-9/h3-5H,1-2H3/t5-/m1/s1. The van der Waals surface area contributed by atoms with Gasteiger partial charge in [-0.15, -0.1) is 0 Å². The SMILES string of the molecule is CC(=O)[C@@H](C)n1cncn1. The molecule has 4 heteroatoms. The Labute approximate surface area is 58.9 Å². The Morgan fingerprint density at radius 1 is 1.70 bits per heavy atom. The van der Waals surface area contributed by atoms with Gasteiger partial charge in [-0.2, -0.15) is 5.10 Å². The van der Waals surface area contributed by atoms with E-state index in [-0.39, 0.29) is 11.8 Å². The lowest BCUT2D eigenvalue weighted by molar-refractivity contribution is -0.119. The van der Waals surface area contributed by atoms with Crippen molar-refractivity contribution in [3.05, 3.63) is 12.7 Å². The number of carbonyl (C=O) groups excluding carboxylic acids is 1. The molecule has 0 aliphatic rings. The Morgan fingerprint density at radius 3 is 2.80 bits per heavy atom. The van der Waals surface area contributed by atoms with Crippen molar-refractivity contribution in [1.29, 1.82) is 0 Å². The fraction of sp³-hybridized carbons (Fsp3) is 0.500. The van der Waals surface area contributed by atoms with Crippen molar-refractivity contribution in [3.8, 4) is 0 Å². The normalized spacial score (nSPS) is 13.0. The van der Waals surface area contributed by atoms with Gasteiger partial charge in [0.15, 0.2) is 5.78 Å². The van der Waals surface area contributed by atoms with Gasteiger partial charge in [0, 0.05) is 0 Å². The number of carbonyl (C=O) groups is 1. The zero-order chi connectivity index (χ0) is 7.56. The first-order chi connectivity index (χ1) is 4.72. The lowest BCUT2D eigenvalue weighted by Crippen LogP contribution is -2.13. The van der Waals surface area contributed by atoms with E-state index in [9.17, 15) is 4.79 Å². The van der Waals surface area contributed by atoms with E-state index in [2.05, 4.69) is 10.1 Å². The van der Waals surface area contributed by atoms with Crippen molar-refractivity contribution in [2.75, 3.05) is 0 Å². The maximum Gasteiger partial charge on any atom is 0.154 e. The number of nitrogens with zero attached hydrogens (tertiary/aromatic N) is 3. The third kappa shape index (κ3) is 1.21. The molecule has 0 unspecified atom stereocenters. The number of Topliss-reactive ketones (excluding diaryl/α,β-unsaturated/α-hetero) is 1. The highest BCUT2D eigenvalue weighted by Gasteiger charge is 2.08. The summed E-state index contributed by atoms with van der Waals surface area (Å²) in [5.74, 6) is 0.0884. The minimum absolute atomic E-state index is 0.0884. The van der Waals surface area contributed by atoms with Gasteiger partial charge in [-0.05, 0) is 13.8 Å². The minimum Gasteiger partial charge on any atom is -0.298 e. The van der Waals surface area contributed by atoms with E-state index in [0.717, 1.165) is 0 Å². The second kappa shape index (κ2) is 2.60. The van der Waals surface area contributed by atoms with Gasteiger partial charge >= 0.3 is 0 Å². The maximum atomic E-state index is 10.8. The van der Waals surface area contributed by atoms with Gasteiger partial charge in [0.05, 0.1) is 0 Å². The molecule has 10 heavy (non-hydrogen) atoms. The van der Waals surface area contributed by atoms with Gasteiger partial charge in [0.25, 0.3) is 0 Å². The topological polar surface area (TPSA) is 47.8 Å². The van der Waals surface area contributed by atoms with Gasteiger partial charge in [0.2, 0.25) is 0 Å². The molecule has 0 N–H and O–H groups in total. The molecule has 0 aliphatic carbocycles. The van der Waals surface area contributed by atoms with Crippen molar-refractivity contribution in [2.24, 2.45) is 0 Å². The first-order valence-electron chi connectivity index (χ1n) is 3.06. The number of ketones is 1. The van der Waals surface area contributed by atoms with Crippen LogP contribution in [0.2, 0.25) is 0 Å². The molecule has 1 rings (SSSR count). The average Bonchev–Trinajstić information content (AvgIpc) is 2.36. The molecule has 0 saturated heterocycles. The second-order valence-corrected chi connectivity index (χ2v) is 2.16. The summed E-state index contributed by atoms with van der Waals surface area (Å²) in [6.45, 7) is 3.32. The molecule has 0 aliphatic heterocycles. The fourth-order valence-electron chi connectivity index (χ4n) is 0.604. The number of hydrogen-bond donors (Lipinski definition) is 0. The molecule has 0 aromatic carbocycles. The maximum absolute atomic E-state index is 10.8. The quantitative estimate of drug-likeness (QED) is 0.596. The van der Waals surface area contributed by atoms with E-state index < -0.39 is 0 Å². The summed E-state index contributed by atoms with van der Waals surface area (Å²) in [5, 5.41) is 3.82. The van der Waals surface area contributed by atoms with Crippen molar-refractivity contribution in [1.82, 2.24) is 14.8 Å². The van der Waals surface area contributed by atoms with E-state index in [0.29, 0.717) is 0 Å². The third-order valence-corrected chi connectivity index (χ3v) is 1.42. The smallest absolute Gasteiger partial charge is 0.154 e. The molecular formula is C6H9N3O. The Hall–Kier alpha value is -1.19. The van der Waals surface area contributed by atoms with Crippen LogP contribution in [-0.2, 0) is 4.79 Å². The van der Waals surface area contributed by atoms with Crippen LogP contribution in [0.4, 0.5) is 0 Å². The molecule has 0 radical (unpaired) electrons. The molecule has 0 fully saturated rings. The van der Waals surface area contributed by atoms with Crippen LogP contribution >= 0.6 is 0 Å². The molecule has 1 aromatic rings. The number of rotatable bonds is 2. The molecule has 0 amide bonds. The predicted octanol–water partition coefficient (Wildman–Crippen LogP) is 0.428. The van der Waals surface area contributed by atoms with Gasteiger partial charge in [-0.3, -0.25) is 4.79 Å². The zero-order valence-corrected chi connectivity index (χ0v) is 5.98. The lowest BCUT2D eigenvalue weighted by Gasteiger charge is -2.04. The molecule has 1 heterocycles. The Bertz CT molecular complexity index is 217. The highest BCUT2D eigenvalue weighted by atomic mass is 16.1. The summed E-state index contributed by atoms with van der Waals surface area (Å²) in [4.78, 5) is 14.5. The third-order valence-electron chi connectivity index (χ3n) is 1.42. The van der Waals surface area contributed by atoms with E-state index in [1.807, 2.05) is 0 Å². The first kappa shape index (κ1) is 6.92.